The Bertz CT molecular complexity index is 1730. The number of halogens is 1. The molecule has 2 aromatic carbocycles. The van der Waals surface area contributed by atoms with Crippen molar-refractivity contribution in [1.82, 2.24) is 25.1 Å². The number of hydrogen-bond acceptors (Lipinski definition) is 8. The Kier molecular flexibility index (Phi) is 9.26. The Morgan fingerprint density at radius 2 is 1.70 bits per heavy atom. The van der Waals surface area contributed by atoms with Crippen LogP contribution in [0.5, 0.6) is 5.88 Å². The first-order chi connectivity index (χ1) is 22.6. The smallest absolute Gasteiger partial charge is 0.410 e. The fourth-order valence-corrected chi connectivity index (χ4v) is 6.43. The number of aromatic nitrogens is 2. The number of carbonyl (C=O) groups excluding carboxylic acids is 2. The van der Waals surface area contributed by atoms with Crippen LogP contribution < -0.4 is 10.1 Å². The zero-order chi connectivity index (χ0) is 33.1. The third-order valence-corrected chi connectivity index (χ3v) is 8.65. The van der Waals surface area contributed by atoms with Crippen LogP contribution in [0.3, 0.4) is 0 Å². The van der Waals surface area contributed by atoms with Crippen molar-refractivity contribution in [2.75, 3.05) is 46.4 Å². The minimum atomic E-state index is -0.663. The highest BCUT2D eigenvalue weighted by Gasteiger charge is 2.34. The lowest BCUT2D eigenvalue weighted by Gasteiger charge is -2.41. The largest absolute Gasteiger partial charge is 0.481 e. The molecule has 11 heteroatoms. The van der Waals surface area contributed by atoms with Gasteiger partial charge >= 0.3 is 12.2 Å². The molecule has 1 fully saturated rings. The van der Waals surface area contributed by atoms with E-state index in [1.54, 1.807) is 37.8 Å². The number of methoxy groups -OCH3 is 1. The van der Waals surface area contributed by atoms with Crippen molar-refractivity contribution in [2.24, 2.45) is 0 Å². The van der Waals surface area contributed by atoms with E-state index in [1.807, 2.05) is 24.3 Å². The lowest BCUT2D eigenvalue weighted by molar-refractivity contribution is 0.0357. The zero-order valence-electron chi connectivity index (χ0n) is 27.2. The fourth-order valence-electron chi connectivity index (χ4n) is 6.43. The number of nitrogens with one attached hydrogen (secondary N) is 1. The molecule has 2 aromatic heterocycles. The van der Waals surface area contributed by atoms with E-state index in [9.17, 15) is 9.59 Å². The van der Waals surface area contributed by atoms with E-state index in [0.29, 0.717) is 55.1 Å². The van der Waals surface area contributed by atoms with Crippen LogP contribution in [0.4, 0.5) is 14.0 Å². The van der Waals surface area contributed by atoms with E-state index in [2.05, 4.69) is 44.5 Å². The van der Waals surface area contributed by atoms with Gasteiger partial charge in [-0.05, 0) is 55.5 Å². The predicted molar refractivity (Wildman–Crippen MR) is 176 cm³/mol. The van der Waals surface area contributed by atoms with E-state index in [4.69, 9.17) is 14.2 Å². The molecule has 246 valence electrons. The summed E-state index contributed by atoms with van der Waals surface area (Å²) in [6.07, 6.45) is 0.592. The number of fused-ring (bicyclic) bond motifs is 4. The lowest BCUT2D eigenvalue weighted by atomic mass is 9.98. The van der Waals surface area contributed by atoms with Crippen LogP contribution in [-0.2, 0) is 15.9 Å². The van der Waals surface area contributed by atoms with Crippen LogP contribution in [-0.4, -0.2) is 90.0 Å². The van der Waals surface area contributed by atoms with E-state index in [0.717, 1.165) is 22.3 Å². The van der Waals surface area contributed by atoms with Gasteiger partial charge in [0.05, 0.1) is 30.4 Å². The second kappa shape index (κ2) is 13.5. The zero-order valence-corrected chi connectivity index (χ0v) is 27.2. The van der Waals surface area contributed by atoms with Gasteiger partial charge in [-0.25, -0.2) is 19.0 Å². The number of alkyl carbamates (subject to hydrolysis) is 1. The third-order valence-electron chi connectivity index (χ3n) is 8.65. The molecular formula is C36H40FN5O5. The maximum atomic E-state index is 15.0. The summed E-state index contributed by atoms with van der Waals surface area (Å²) < 4.78 is 31.7. The highest BCUT2D eigenvalue weighted by molar-refractivity contribution is 5.80. The Labute approximate surface area is 273 Å². The van der Waals surface area contributed by atoms with Crippen molar-refractivity contribution < 1.29 is 28.2 Å². The first-order valence-electron chi connectivity index (χ1n) is 15.9. The van der Waals surface area contributed by atoms with Gasteiger partial charge < -0.3 is 24.4 Å². The predicted octanol–water partition coefficient (Wildman–Crippen LogP) is 5.78. The second-order valence-electron chi connectivity index (χ2n) is 12.9. The van der Waals surface area contributed by atoms with Crippen LogP contribution in [0, 0.1) is 5.82 Å². The molecule has 6 rings (SSSR count). The summed E-state index contributed by atoms with van der Waals surface area (Å²) in [4.78, 5) is 38.7. The van der Waals surface area contributed by atoms with Gasteiger partial charge in [-0.2, -0.15) is 0 Å². The summed E-state index contributed by atoms with van der Waals surface area (Å²) in [5, 5.41) is 2.83. The molecular weight excluding hydrogens is 601 g/mol. The van der Waals surface area contributed by atoms with Crippen molar-refractivity contribution in [3.63, 3.8) is 0 Å². The molecule has 4 aromatic rings. The van der Waals surface area contributed by atoms with E-state index in [1.165, 1.54) is 13.3 Å². The molecule has 1 saturated heterocycles. The van der Waals surface area contributed by atoms with Crippen molar-refractivity contribution in [3.8, 4) is 17.0 Å². The van der Waals surface area contributed by atoms with Crippen LogP contribution in [0.2, 0.25) is 0 Å². The molecule has 0 radical (unpaired) electrons. The van der Waals surface area contributed by atoms with Crippen LogP contribution >= 0.6 is 0 Å². The Balaban J connectivity index is 1.15. The highest BCUT2D eigenvalue weighted by atomic mass is 19.1. The van der Waals surface area contributed by atoms with Crippen LogP contribution in [0.25, 0.3) is 22.2 Å². The molecule has 0 spiro atoms. The number of piperazine rings is 1. The van der Waals surface area contributed by atoms with Crippen LogP contribution in [0.1, 0.15) is 43.4 Å². The van der Waals surface area contributed by atoms with Gasteiger partial charge in [0.2, 0.25) is 5.88 Å². The van der Waals surface area contributed by atoms with E-state index >= 15 is 4.39 Å². The van der Waals surface area contributed by atoms with Crippen molar-refractivity contribution >= 4 is 23.2 Å². The standard InChI is InChI=1S/C36H40FN5O5/c1-36(2,3)47-34(43)39-19-23-21-41(16-15-28-30(37)20-38-31-13-14-32(45-4)40-33(28)31)17-18-42(23)35(44)46-22-29-26-11-7-5-9-24(26)25-10-6-8-12-27(25)29/h5-14,20,23,29H,15-19,21-22H2,1-4H3,(H,39,43). The van der Waals surface area contributed by atoms with Gasteiger partial charge in [0.25, 0.3) is 0 Å². The summed E-state index contributed by atoms with van der Waals surface area (Å²) in [5.74, 6) is -0.113. The average molecular weight is 642 g/mol. The van der Waals surface area contributed by atoms with Crippen LogP contribution in [0.15, 0.2) is 66.9 Å². The molecule has 10 nitrogen and oxygen atoms in total. The molecule has 2 amide bonds. The average Bonchev–Trinajstić information content (AvgIpc) is 3.38. The van der Waals surface area contributed by atoms with Gasteiger partial charge in [0, 0.05) is 50.3 Å². The molecule has 47 heavy (non-hydrogen) atoms. The normalized spacial score (nSPS) is 16.4. The SMILES string of the molecule is COc1ccc2ncc(F)c(CCN3CCN(C(=O)OCC4c5ccccc5-c5ccccc54)C(CNC(=O)OC(C)(C)C)C3)c2n1. The van der Waals surface area contributed by atoms with E-state index in [-0.39, 0.29) is 19.1 Å². The maximum Gasteiger partial charge on any atom is 0.410 e. The number of carbonyl (C=O) groups is 2. The summed E-state index contributed by atoms with van der Waals surface area (Å²) >= 11 is 0. The van der Waals surface area contributed by atoms with Crippen molar-refractivity contribution in [2.45, 2.75) is 44.8 Å². The van der Waals surface area contributed by atoms with Gasteiger partial charge in [-0.1, -0.05) is 48.5 Å². The number of ether oxygens (including phenoxy) is 3. The molecule has 3 heterocycles. The summed E-state index contributed by atoms with van der Waals surface area (Å²) in [5.41, 5.74) is 5.43. The Hall–Kier alpha value is -4.77. The van der Waals surface area contributed by atoms with Crippen molar-refractivity contribution in [3.05, 3.63) is 89.4 Å². The van der Waals surface area contributed by atoms with Gasteiger partial charge in [-0.3, -0.25) is 9.88 Å². The number of amides is 2. The molecule has 0 saturated carbocycles. The number of nitrogens with zero attached hydrogens (tertiary/aromatic N) is 4. The lowest BCUT2D eigenvalue weighted by Crippen LogP contribution is -2.59. The monoisotopic (exact) mass is 641 g/mol. The number of rotatable bonds is 8. The topological polar surface area (TPSA) is 106 Å². The molecule has 1 unspecified atom stereocenters. The second-order valence-corrected chi connectivity index (χ2v) is 12.9. The molecule has 1 atom stereocenters. The van der Waals surface area contributed by atoms with E-state index < -0.39 is 29.6 Å². The van der Waals surface area contributed by atoms with Gasteiger partial charge in [-0.15, -0.1) is 0 Å². The number of hydrogen-bond donors (Lipinski definition) is 1. The number of pyridine rings is 2. The first kappa shape index (κ1) is 32.2. The molecule has 1 aliphatic heterocycles. The number of benzene rings is 2. The molecule has 1 N–H and O–H groups in total. The Morgan fingerprint density at radius 1 is 1.00 bits per heavy atom. The minimum absolute atomic E-state index is 0.0664. The fraction of sp³-hybridized carbons (Fsp3) is 0.389. The molecule has 2 aliphatic rings. The summed E-state index contributed by atoms with van der Waals surface area (Å²) in [6, 6.07) is 19.5. The van der Waals surface area contributed by atoms with Gasteiger partial charge in [0.15, 0.2) is 0 Å². The summed E-state index contributed by atoms with van der Waals surface area (Å²) in [7, 11) is 1.52. The minimum Gasteiger partial charge on any atom is -0.481 e. The third kappa shape index (κ3) is 7.15. The Morgan fingerprint density at radius 3 is 2.38 bits per heavy atom. The quantitative estimate of drug-likeness (QED) is 0.258. The highest BCUT2D eigenvalue weighted by Crippen LogP contribution is 2.44. The summed E-state index contributed by atoms with van der Waals surface area (Å²) in [6.45, 7) is 7.64. The molecule has 0 bridgehead atoms. The van der Waals surface area contributed by atoms with Crippen molar-refractivity contribution in [1.29, 1.82) is 0 Å². The van der Waals surface area contributed by atoms with Gasteiger partial charge in [0.1, 0.15) is 18.0 Å². The maximum absolute atomic E-state index is 15.0. The first-order valence-corrected chi connectivity index (χ1v) is 15.9. The molecule has 1 aliphatic carbocycles.